The van der Waals surface area contributed by atoms with Crippen LogP contribution in [0, 0.1) is 0 Å². The summed E-state index contributed by atoms with van der Waals surface area (Å²) in [7, 11) is 0. The summed E-state index contributed by atoms with van der Waals surface area (Å²) in [6.45, 7) is 3.26. The lowest BCUT2D eigenvalue weighted by Crippen LogP contribution is -2.24. The van der Waals surface area contributed by atoms with E-state index in [1.54, 1.807) is 12.1 Å². The molecule has 0 aliphatic heterocycles. The lowest BCUT2D eigenvalue weighted by Gasteiger charge is -2.10. The number of hydrogen-bond donors (Lipinski definition) is 3. The van der Waals surface area contributed by atoms with Crippen molar-refractivity contribution in [2.24, 2.45) is 0 Å². The summed E-state index contributed by atoms with van der Waals surface area (Å²) in [5.41, 5.74) is 7.25. The molecule has 6 nitrogen and oxygen atoms in total. The Balaban J connectivity index is 1.55. The molecule has 3 aromatic rings. The number of rotatable bonds is 8. The largest absolute Gasteiger partial charge is 0.457 e. The molecule has 0 saturated heterocycles. The van der Waals surface area contributed by atoms with Crippen LogP contribution in [0.2, 0.25) is 0 Å². The predicted octanol–water partition coefficient (Wildman–Crippen LogP) is 4.21. The van der Waals surface area contributed by atoms with Gasteiger partial charge in [0.1, 0.15) is 23.1 Å². The number of hydrogen-bond acceptors (Lipinski definition) is 5. The number of carbonyl (C=O) groups is 1. The Bertz CT molecular complexity index is 912. The predicted molar refractivity (Wildman–Crippen MR) is 112 cm³/mol. The molecule has 6 heteroatoms. The highest BCUT2D eigenvalue weighted by Crippen LogP contribution is 2.21. The fourth-order valence-electron chi connectivity index (χ4n) is 2.60. The van der Waals surface area contributed by atoms with Gasteiger partial charge in [0.05, 0.1) is 5.56 Å². The fourth-order valence-corrected chi connectivity index (χ4v) is 2.60. The normalized spacial score (nSPS) is 10.3. The van der Waals surface area contributed by atoms with Gasteiger partial charge in [0.2, 0.25) is 0 Å². The van der Waals surface area contributed by atoms with E-state index < -0.39 is 0 Å². The molecular weight excluding hydrogens is 352 g/mol. The Morgan fingerprint density at radius 1 is 1.00 bits per heavy atom. The topological polar surface area (TPSA) is 89.3 Å². The molecule has 28 heavy (non-hydrogen) atoms. The van der Waals surface area contributed by atoms with Crippen LogP contribution in [0.15, 0.2) is 66.7 Å². The Labute approximate surface area is 164 Å². The van der Waals surface area contributed by atoms with E-state index in [9.17, 15) is 4.79 Å². The van der Waals surface area contributed by atoms with Crippen molar-refractivity contribution in [1.29, 1.82) is 0 Å². The van der Waals surface area contributed by atoms with Crippen LogP contribution in [0.3, 0.4) is 0 Å². The fraction of sp³-hybridized carbons (Fsp3) is 0.182. The molecule has 2 aromatic carbocycles. The van der Waals surface area contributed by atoms with E-state index in [1.807, 2.05) is 54.6 Å². The summed E-state index contributed by atoms with van der Waals surface area (Å²) in [6.07, 6.45) is 0.985. The molecule has 0 bridgehead atoms. The number of carbonyl (C=O) groups excluding carboxylic acids is 1. The lowest BCUT2D eigenvalue weighted by atomic mass is 10.2. The van der Waals surface area contributed by atoms with Gasteiger partial charge in [0.15, 0.2) is 0 Å². The Hall–Kier alpha value is -3.54. The third kappa shape index (κ3) is 5.23. The van der Waals surface area contributed by atoms with Gasteiger partial charge in [-0.1, -0.05) is 37.3 Å². The molecule has 0 aliphatic carbocycles. The number of pyridine rings is 1. The van der Waals surface area contributed by atoms with Crippen molar-refractivity contribution in [2.75, 3.05) is 17.6 Å². The van der Waals surface area contributed by atoms with E-state index in [-0.39, 0.29) is 11.7 Å². The summed E-state index contributed by atoms with van der Waals surface area (Å²) in [5.74, 6) is 2.15. The molecule has 1 heterocycles. The maximum Gasteiger partial charge on any atom is 0.255 e. The number of aromatic nitrogens is 1. The highest BCUT2D eigenvalue weighted by molar-refractivity contribution is 5.98. The molecule has 0 aliphatic rings. The Morgan fingerprint density at radius 3 is 2.39 bits per heavy atom. The first kappa shape index (κ1) is 19.2. The van der Waals surface area contributed by atoms with Gasteiger partial charge in [-0.3, -0.25) is 4.79 Å². The number of nitrogens with zero attached hydrogens (tertiary/aromatic N) is 1. The van der Waals surface area contributed by atoms with Gasteiger partial charge in [-0.25, -0.2) is 4.98 Å². The minimum absolute atomic E-state index is 0.213. The summed E-state index contributed by atoms with van der Waals surface area (Å²) in [5, 5.41) is 6.01. The van der Waals surface area contributed by atoms with Crippen LogP contribution < -0.4 is 21.1 Å². The maximum absolute atomic E-state index is 12.4. The van der Waals surface area contributed by atoms with Gasteiger partial charge >= 0.3 is 0 Å². The number of ether oxygens (including phenoxy) is 1. The Kier molecular flexibility index (Phi) is 6.46. The molecule has 0 fully saturated rings. The zero-order valence-electron chi connectivity index (χ0n) is 15.8. The molecule has 0 spiro atoms. The Morgan fingerprint density at radius 2 is 1.71 bits per heavy atom. The van der Waals surface area contributed by atoms with Gasteiger partial charge in [-0.2, -0.15) is 0 Å². The van der Waals surface area contributed by atoms with Crippen LogP contribution in [0.4, 0.5) is 11.6 Å². The maximum atomic E-state index is 12.4. The van der Waals surface area contributed by atoms with Gasteiger partial charge in [0.25, 0.3) is 5.91 Å². The summed E-state index contributed by atoms with van der Waals surface area (Å²) < 4.78 is 5.77. The van der Waals surface area contributed by atoms with E-state index in [0.29, 0.717) is 17.9 Å². The summed E-state index contributed by atoms with van der Waals surface area (Å²) >= 11 is 0. The summed E-state index contributed by atoms with van der Waals surface area (Å²) in [4.78, 5) is 16.6. The molecule has 0 atom stereocenters. The number of para-hydroxylation sites is 1. The van der Waals surface area contributed by atoms with Gasteiger partial charge in [-0.05, 0) is 48.4 Å². The second kappa shape index (κ2) is 9.41. The quantitative estimate of drug-likeness (QED) is 0.548. The number of anilines is 2. The average molecular weight is 376 g/mol. The highest BCUT2D eigenvalue weighted by Gasteiger charge is 2.11. The van der Waals surface area contributed by atoms with E-state index >= 15 is 0 Å². The second-order valence-electron chi connectivity index (χ2n) is 6.30. The van der Waals surface area contributed by atoms with Gasteiger partial charge in [-0.15, -0.1) is 0 Å². The van der Waals surface area contributed by atoms with Crippen LogP contribution in [0.25, 0.3) is 0 Å². The molecule has 1 amide bonds. The summed E-state index contributed by atoms with van der Waals surface area (Å²) in [6, 6.07) is 20.6. The van der Waals surface area contributed by atoms with Crippen LogP contribution in [-0.4, -0.2) is 17.4 Å². The number of nitrogens with two attached hydrogens (primary N) is 1. The lowest BCUT2D eigenvalue weighted by molar-refractivity contribution is 0.0951. The first-order chi connectivity index (χ1) is 13.7. The molecule has 0 unspecified atom stereocenters. The van der Waals surface area contributed by atoms with Crippen molar-refractivity contribution in [3.8, 4) is 11.5 Å². The molecule has 4 N–H and O–H groups in total. The van der Waals surface area contributed by atoms with Crippen molar-refractivity contribution in [3.63, 3.8) is 0 Å². The molecule has 0 saturated carbocycles. The number of benzene rings is 2. The molecule has 0 radical (unpaired) electrons. The molecular formula is C22H24N4O2. The van der Waals surface area contributed by atoms with Crippen molar-refractivity contribution >= 4 is 17.5 Å². The van der Waals surface area contributed by atoms with E-state index in [2.05, 4.69) is 22.5 Å². The van der Waals surface area contributed by atoms with Crippen molar-refractivity contribution in [2.45, 2.75) is 19.9 Å². The van der Waals surface area contributed by atoms with Crippen LogP contribution in [0.1, 0.15) is 29.3 Å². The van der Waals surface area contributed by atoms with E-state index in [4.69, 9.17) is 10.5 Å². The van der Waals surface area contributed by atoms with E-state index in [1.165, 1.54) is 0 Å². The third-order valence-electron chi connectivity index (χ3n) is 4.08. The van der Waals surface area contributed by atoms with Crippen LogP contribution >= 0.6 is 0 Å². The first-order valence-corrected chi connectivity index (χ1v) is 9.26. The van der Waals surface area contributed by atoms with Crippen molar-refractivity contribution < 1.29 is 9.53 Å². The standard InChI is InChI=1S/C22H24N4O2/c1-2-14-24-20-13-12-19(21(23)26-20)22(27)25-15-16-8-10-18(11-9-16)28-17-6-4-3-5-7-17/h3-13H,2,14-15H2,1H3,(H,25,27)(H3,23,24,26). The number of nitrogens with one attached hydrogen (secondary N) is 2. The smallest absolute Gasteiger partial charge is 0.255 e. The number of amides is 1. The van der Waals surface area contributed by atoms with Crippen LogP contribution in [0.5, 0.6) is 11.5 Å². The second-order valence-corrected chi connectivity index (χ2v) is 6.30. The van der Waals surface area contributed by atoms with Crippen LogP contribution in [-0.2, 0) is 6.54 Å². The van der Waals surface area contributed by atoms with E-state index in [0.717, 1.165) is 30.0 Å². The minimum atomic E-state index is -0.253. The molecule has 1 aromatic heterocycles. The number of nitrogen functional groups attached to an aromatic ring is 1. The van der Waals surface area contributed by atoms with Crippen molar-refractivity contribution in [3.05, 3.63) is 77.9 Å². The zero-order valence-corrected chi connectivity index (χ0v) is 15.8. The molecule has 3 rings (SSSR count). The first-order valence-electron chi connectivity index (χ1n) is 9.26. The zero-order chi connectivity index (χ0) is 19.8. The van der Waals surface area contributed by atoms with Gasteiger partial charge < -0.3 is 21.1 Å². The monoisotopic (exact) mass is 376 g/mol. The van der Waals surface area contributed by atoms with Gasteiger partial charge in [0, 0.05) is 13.1 Å². The third-order valence-corrected chi connectivity index (χ3v) is 4.08. The average Bonchev–Trinajstić information content (AvgIpc) is 2.72. The van der Waals surface area contributed by atoms with Crippen molar-refractivity contribution in [1.82, 2.24) is 10.3 Å². The molecule has 144 valence electrons. The highest BCUT2D eigenvalue weighted by atomic mass is 16.5. The minimum Gasteiger partial charge on any atom is -0.457 e. The SMILES string of the molecule is CCCNc1ccc(C(=O)NCc2ccc(Oc3ccccc3)cc2)c(N)n1.